The van der Waals surface area contributed by atoms with Gasteiger partial charge in [0.1, 0.15) is 11.6 Å². The number of sulfonamides is 1. The molecule has 1 aromatic heterocycles. The predicted molar refractivity (Wildman–Crippen MR) is 106 cm³/mol. The lowest BCUT2D eigenvalue weighted by Gasteiger charge is -2.16. The number of hydrogen-bond acceptors (Lipinski definition) is 6. The largest absolute Gasteiger partial charge is 0.497 e. The maximum absolute atomic E-state index is 12.6. The number of benzene rings is 1. The van der Waals surface area contributed by atoms with Crippen molar-refractivity contribution in [2.75, 3.05) is 17.1 Å². The maximum Gasteiger partial charge on any atom is 0.263 e. The highest BCUT2D eigenvalue weighted by Crippen LogP contribution is 2.23. The Morgan fingerprint density at radius 1 is 1.00 bits per heavy atom. The van der Waals surface area contributed by atoms with E-state index in [0.717, 1.165) is 12.8 Å². The molecule has 0 radical (unpaired) electrons. The van der Waals surface area contributed by atoms with Crippen LogP contribution in [-0.4, -0.2) is 31.8 Å². The monoisotopic (exact) mass is 390 g/mol. The molecule has 1 saturated carbocycles. The SMILES string of the molecule is COc1ccc(S(=O)(=O)Nc2ccc(NC3CCCCCC3)nn2)c(C)c1. The first kappa shape index (κ1) is 19.4. The lowest BCUT2D eigenvalue weighted by atomic mass is 10.1. The number of nitrogens with zero attached hydrogens (tertiary/aromatic N) is 2. The summed E-state index contributed by atoms with van der Waals surface area (Å²) in [5.41, 5.74) is 0.599. The minimum Gasteiger partial charge on any atom is -0.497 e. The van der Waals surface area contributed by atoms with Gasteiger partial charge in [-0.2, -0.15) is 0 Å². The van der Waals surface area contributed by atoms with E-state index in [1.807, 2.05) is 0 Å². The molecule has 0 saturated heterocycles. The Balaban J connectivity index is 1.68. The quantitative estimate of drug-likeness (QED) is 0.730. The smallest absolute Gasteiger partial charge is 0.263 e. The molecule has 8 heteroatoms. The van der Waals surface area contributed by atoms with Crippen LogP contribution in [0.15, 0.2) is 35.2 Å². The number of aromatic nitrogens is 2. The van der Waals surface area contributed by atoms with E-state index in [9.17, 15) is 8.42 Å². The van der Waals surface area contributed by atoms with Crippen molar-refractivity contribution in [3.63, 3.8) is 0 Å². The van der Waals surface area contributed by atoms with Crippen LogP contribution in [0.4, 0.5) is 11.6 Å². The zero-order valence-corrected chi connectivity index (χ0v) is 16.6. The number of nitrogens with one attached hydrogen (secondary N) is 2. The van der Waals surface area contributed by atoms with Gasteiger partial charge in [0.2, 0.25) is 0 Å². The van der Waals surface area contributed by atoms with Gasteiger partial charge in [-0.15, -0.1) is 10.2 Å². The topological polar surface area (TPSA) is 93.2 Å². The third-order valence-corrected chi connectivity index (χ3v) is 6.30. The van der Waals surface area contributed by atoms with Crippen molar-refractivity contribution in [2.45, 2.75) is 56.4 Å². The van der Waals surface area contributed by atoms with Crippen molar-refractivity contribution in [1.29, 1.82) is 0 Å². The Morgan fingerprint density at radius 2 is 1.67 bits per heavy atom. The highest BCUT2D eigenvalue weighted by atomic mass is 32.2. The summed E-state index contributed by atoms with van der Waals surface area (Å²) >= 11 is 0. The van der Waals surface area contributed by atoms with E-state index >= 15 is 0 Å². The molecule has 2 N–H and O–H groups in total. The summed E-state index contributed by atoms with van der Waals surface area (Å²) < 4.78 is 32.9. The average molecular weight is 391 g/mol. The standard InChI is InChI=1S/C19H26N4O3S/c1-14-13-16(26-2)9-10-17(14)27(24,25)23-19-12-11-18(21-22-19)20-15-7-5-3-4-6-8-15/h9-13,15H,3-8H2,1-2H3,(H,20,21)(H,22,23). The summed E-state index contributed by atoms with van der Waals surface area (Å²) in [4.78, 5) is 0.186. The average Bonchev–Trinajstić information content (AvgIpc) is 2.91. The van der Waals surface area contributed by atoms with Gasteiger partial charge in [-0.1, -0.05) is 25.7 Å². The molecule has 0 aliphatic heterocycles. The zero-order chi connectivity index (χ0) is 19.3. The molecule has 0 atom stereocenters. The molecule has 27 heavy (non-hydrogen) atoms. The molecule has 2 aromatic rings. The number of ether oxygens (including phenoxy) is 1. The van der Waals surface area contributed by atoms with Crippen LogP contribution in [0.25, 0.3) is 0 Å². The highest BCUT2D eigenvalue weighted by Gasteiger charge is 2.18. The van der Waals surface area contributed by atoms with Crippen LogP contribution in [0.1, 0.15) is 44.1 Å². The lowest BCUT2D eigenvalue weighted by molar-refractivity contribution is 0.414. The van der Waals surface area contributed by atoms with Gasteiger partial charge in [0, 0.05) is 6.04 Å². The molecule has 1 heterocycles. The highest BCUT2D eigenvalue weighted by molar-refractivity contribution is 7.92. The van der Waals surface area contributed by atoms with Crippen LogP contribution in [0.2, 0.25) is 0 Å². The first-order valence-corrected chi connectivity index (χ1v) is 10.7. The van der Waals surface area contributed by atoms with Crippen LogP contribution < -0.4 is 14.8 Å². The van der Waals surface area contributed by atoms with E-state index < -0.39 is 10.0 Å². The van der Waals surface area contributed by atoms with Crippen molar-refractivity contribution in [3.8, 4) is 5.75 Å². The van der Waals surface area contributed by atoms with Gasteiger partial charge < -0.3 is 10.1 Å². The summed E-state index contributed by atoms with van der Waals surface area (Å²) in [6.45, 7) is 1.72. The van der Waals surface area contributed by atoms with Gasteiger partial charge in [0.15, 0.2) is 5.82 Å². The molecular weight excluding hydrogens is 364 g/mol. The number of rotatable bonds is 6. The minimum atomic E-state index is -3.74. The van der Waals surface area contributed by atoms with E-state index in [1.54, 1.807) is 38.3 Å². The summed E-state index contributed by atoms with van der Waals surface area (Å²) in [6.07, 6.45) is 7.29. The Bertz CT molecular complexity index is 861. The van der Waals surface area contributed by atoms with Gasteiger partial charge in [-0.25, -0.2) is 8.42 Å². The molecule has 1 aliphatic rings. The fraction of sp³-hybridized carbons (Fsp3) is 0.474. The van der Waals surface area contributed by atoms with Gasteiger partial charge in [0.05, 0.1) is 12.0 Å². The summed E-state index contributed by atoms with van der Waals surface area (Å²) in [6, 6.07) is 8.61. The van der Waals surface area contributed by atoms with Gasteiger partial charge >= 0.3 is 0 Å². The molecular formula is C19H26N4O3S. The second-order valence-corrected chi connectivity index (χ2v) is 8.52. The Labute approximate surface area is 160 Å². The Morgan fingerprint density at radius 3 is 2.26 bits per heavy atom. The van der Waals surface area contributed by atoms with Gasteiger partial charge in [-0.3, -0.25) is 4.72 Å². The lowest BCUT2D eigenvalue weighted by Crippen LogP contribution is -2.20. The third-order valence-electron chi connectivity index (χ3n) is 4.78. The Hall–Kier alpha value is -2.35. The number of methoxy groups -OCH3 is 1. The van der Waals surface area contributed by atoms with Crippen molar-refractivity contribution in [1.82, 2.24) is 10.2 Å². The van der Waals surface area contributed by atoms with Crippen LogP contribution in [-0.2, 0) is 10.0 Å². The summed E-state index contributed by atoms with van der Waals surface area (Å²) in [7, 11) is -2.20. The molecule has 3 rings (SSSR count). The van der Waals surface area contributed by atoms with Crippen LogP contribution in [0.5, 0.6) is 5.75 Å². The fourth-order valence-electron chi connectivity index (χ4n) is 3.34. The number of aryl methyl sites for hydroxylation is 1. The van der Waals surface area contributed by atoms with E-state index in [2.05, 4.69) is 20.2 Å². The molecule has 0 bridgehead atoms. The molecule has 1 aromatic carbocycles. The second kappa shape index (κ2) is 8.56. The van der Waals surface area contributed by atoms with Crippen molar-refractivity contribution >= 4 is 21.7 Å². The zero-order valence-electron chi connectivity index (χ0n) is 15.7. The first-order chi connectivity index (χ1) is 13.0. The second-order valence-electron chi connectivity index (χ2n) is 6.87. The molecule has 7 nitrogen and oxygen atoms in total. The van der Waals surface area contributed by atoms with Gasteiger partial charge in [-0.05, 0) is 55.7 Å². The molecule has 146 valence electrons. The van der Waals surface area contributed by atoms with Gasteiger partial charge in [0.25, 0.3) is 10.0 Å². The molecule has 1 aliphatic carbocycles. The van der Waals surface area contributed by atoms with E-state index in [1.165, 1.54) is 31.7 Å². The fourth-order valence-corrected chi connectivity index (χ4v) is 4.56. The summed E-state index contributed by atoms with van der Waals surface area (Å²) in [5, 5.41) is 11.5. The predicted octanol–water partition coefficient (Wildman–Crippen LogP) is 3.73. The number of anilines is 2. The van der Waals surface area contributed by atoms with Crippen LogP contribution >= 0.6 is 0 Å². The van der Waals surface area contributed by atoms with Crippen LogP contribution in [0, 0.1) is 6.92 Å². The molecule has 0 unspecified atom stereocenters. The van der Waals surface area contributed by atoms with E-state index in [4.69, 9.17) is 4.74 Å². The van der Waals surface area contributed by atoms with E-state index in [0.29, 0.717) is 23.2 Å². The van der Waals surface area contributed by atoms with Crippen molar-refractivity contribution < 1.29 is 13.2 Å². The summed E-state index contributed by atoms with van der Waals surface area (Å²) in [5.74, 6) is 1.47. The van der Waals surface area contributed by atoms with Crippen molar-refractivity contribution in [3.05, 3.63) is 35.9 Å². The molecule has 0 spiro atoms. The molecule has 1 fully saturated rings. The Kier molecular flexibility index (Phi) is 6.15. The van der Waals surface area contributed by atoms with E-state index in [-0.39, 0.29) is 10.7 Å². The minimum absolute atomic E-state index is 0.186. The normalized spacial score (nSPS) is 15.8. The maximum atomic E-state index is 12.6. The number of hydrogen-bond donors (Lipinski definition) is 2. The van der Waals surface area contributed by atoms with Crippen molar-refractivity contribution in [2.24, 2.45) is 0 Å². The first-order valence-electron chi connectivity index (χ1n) is 9.26. The third kappa shape index (κ3) is 5.09. The molecule has 0 amide bonds. The van der Waals surface area contributed by atoms with Crippen LogP contribution in [0.3, 0.4) is 0 Å².